The molecule has 0 radical (unpaired) electrons. The second-order valence-corrected chi connectivity index (χ2v) is 6.34. The van der Waals surface area contributed by atoms with Crippen LogP contribution in [0.1, 0.15) is 65.2 Å². The summed E-state index contributed by atoms with van der Waals surface area (Å²) in [7, 11) is 0. The summed E-state index contributed by atoms with van der Waals surface area (Å²) in [6.45, 7) is 6.71. The highest BCUT2D eigenvalue weighted by Crippen LogP contribution is 2.35. The van der Waals surface area contributed by atoms with Crippen LogP contribution >= 0.6 is 0 Å². The van der Waals surface area contributed by atoms with Crippen LogP contribution in [0.4, 0.5) is 0 Å². The zero-order valence-corrected chi connectivity index (χ0v) is 12.1. The molecule has 0 bridgehead atoms. The molecule has 0 amide bonds. The van der Waals surface area contributed by atoms with E-state index >= 15 is 0 Å². The van der Waals surface area contributed by atoms with Gasteiger partial charge in [0.25, 0.3) is 0 Å². The topological polar surface area (TPSA) is 23.5 Å². The van der Waals surface area contributed by atoms with Crippen LogP contribution in [-0.2, 0) is 0 Å². The number of rotatable bonds is 2. The normalized spacial score (nSPS) is 31.9. The monoisotopic (exact) mass is 251 g/mol. The third-order valence-corrected chi connectivity index (χ3v) is 4.72. The van der Waals surface area contributed by atoms with Crippen LogP contribution in [0.5, 0.6) is 0 Å². The fourth-order valence-corrected chi connectivity index (χ4v) is 3.42. The summed E-state index contributed by atoms with van der Waals surface area (Å²) >= 11 is 0. The highest BCUT2D eigenvalue weighted by molar-refractivity contribution is 5.18. The van der Waals surface area contributed by atoms with E-state index in [1.807, 2.05) is 0 Å². The molecule has 2 heteroatoms. The molecule has 104 valence electrons. The van der Waals surface area contributed by atoms with Crippen molar-refractivity contribution in [2.45, 2.75) is 76.9 Å². The number of hydrogen-bond donors (Lipinski definition) is 1. The summed E-state index contributed by atoms with van der Waals surface area (Å²) in [4.78, 5) is 2.51. The van der Waals surface area contributed by atoms with Gasteiger partial charge in [0.05, 0.1) is 5.60 Å². The highest BCUT2D eigenvalue weighted by Gasteiger charge is 2.34. The van der Waals surface area contributed by atoms with E-state index in [0.717, 1.165) is 38.8 Å². The van der Waals surface area contributed by atoms with Crippen molar-refractivity contribution in [3.05, 3.63) is 11.6 Å². The lowest BCUT2D eigenvalue weighted by Gasteiger charge is -2.30. The number of aliphatic hydroxyl groups is 1. The van der Waals surface area contributed by atoms with Crippen LogP contribution in [0.15, 0.2) is 11.6 Å². The molecular weight excluding hydrogens is 222 g/mol. The predicted octanol–water partition coefficient (Wildman–Crippen LogP) is 3.50. The molecule has 0 spiro atoms. The van der Waals surface area contributed by atoms with E-state index in [9.17, 15) is 5.11 Å². The van der Waals surface area contributed by atoms with Crippen molar-refractivity contribution >= 4 is 0 Å². The molecule has 0 aromatic carbocycles. The Kier molecular flexibility index (Phi) is 4.85. The molecule has 1 aliphatic carbocycles. The van der Waals surface area contributed by atoms with Crippen molar-refractivity contribution in [2.75, 3.05) is 13.1 Å². The summed E-state index contributed by atoms with van der Waals surface area (Å²) in [6, 6.07) is 0.607. The maximum Gasteiger partial charge on any atom is 0.0869 e. The van der Waals surface area contributed by atoms with Crippen LogP contribution in [0.25, 0.3) is 0 Å². The van der Waals surface area contributed by atoms with E-state index < -0.39 is 5.60 Å². The molecule has 1 saturated heterocycles. The van der Waals surface area contributed by atoms with E-state index in [0.29, 0.717) is 6.04 Å². The molecule has 0 aromatic rings. The van der Waals surface area contributed by atoms with Gasteiger partial charge in [0.2, 0.25) is 0 Å². The van der Waals surface area contributed by atoms with Crippen molar-refractivity contribution < 1.29 is 5.11 Å². The largest absolute Gasteiger partial charge is 0.385 e. The Morgan fingerprint density at radius 1 is 1.11 bits per heavy atom. The first kappa shape index (κ1) is 14.1. The van der Waals surface area contributed by atoms with Gasteiger partial charge in [-0.15, -0.1) is 0 Å². The maximum absolute atomic E-state index is 11.0. The lowest BCUT2D eigenvalue weighted by atomic mass is 9.84. The third-order valence-electron chi connectivity index (χ3n) is 4.72. The highest BCUT2D eigenvalue weighted by atomic mass is 16.3. The Balaban J connectivity index is 2.03. The Morgan fingerprint density at radius 3 is 2.72 bits per heavy atom. The van der Waals surface area contributed by atoms with Crippen LogP contribution < -0.4 is 0 Å². The minimum Gasteiger partial charge on any atom is -0.385 e. The Bertz CT molecular complexity index is 297. The molecule has 2 nitrogen and oxygen atoms in total. The summed E-state index contributed by atoms with van der Waals surface area (Å²) in [5, 5.41) is 11.0. The molecule has 1 aliphatic heterocycles. The number of likely N-dealkylation sites (tertiary alicyclic amines) is 1. The molecule has 2 aliphatic rings. The summed E-state index contributed by atoms with van der Waals surface area (Å²) < 4.78 is 0. The number of nitrogens with zero attached hydrogens (tertiary/aromatic N) is 1. The van der Waals surface area contributed by atoms with Crippen LogP contribution in [-0.4, -0.2) is 34.7 Å². The van der Waals surface area contributed by atoms with E-state index in [2.05, 4.69) is 24.8 Å². The molecule has 0 saturated carbocycles. The van der Waals surface area contributed by atoms with Crippen LogP contribution in [0.2, 0.25) is 0 Å². The summed E-state index contributed by atoms with van der Waals surface area (Å²) in [5.74, 6) is 0. The van der Waals surface area contributed by atoms with Gasteiger partial charge in [-0.2, -0.15) is 0 Å². The molecule has 18 heavy (non-hydrogen) atoms. The van der Waals surface area contributed by atoms with Crippen molar-refractivity contribution in [3.63, 3.8) is 0 Å². The van der Waals surface area contributed by atoms with Crippen molar-refractivity contribution in [2.24, 2.45) is 0 Å². The SMILES string of the molecule is CC(C)N1CCCC(O)(C2=CCCCCC2)CC1. The van der Waals surface area contributed by atoms with Gasteiger partial charge in [0, 0.05) is 12.6 Å². The summed E-state index contributed by atoms with van der Waals surface area (Å²) in [6.07, 6.45) is 11.6. The number of hydrogen-bond acceptors (Lipinski definition) is 2. The van der Waals surface area contributed by atoms with E-state index in [-0.39, 0.29) is 0 Å². The molecule has 1 fully saturated rings. The average molecular weight is 251 g/mol. The van der Waals surface area contributed by atoms with E-state index in [4.69, 9.17) is 0 Å². The first-order valence-corrected chi connectivity index (χ1v) is 7.78. The fraction of sp³-hybridized carbons (Fsp3) is 0.875. The molecule has 0 aromatic heterocycles. The Morgan fingerprint density at radius 2 is 1.94 bits per heavy atom. The van der Waals surface area contributed by atoms with Crippen LogP contribution in [0.3, 0.4) is 0 Å². The standard InChI is InChI=1S/C16H29NO/c1-14(2)17-12-7-10-16(18,11-13-17)15-8-5-3-4-6-9-15/h8,14,18H,3-7,9-13H2,1-2H3. The van der Waals surface area contributed by atoms with Gasteiger partial charge in [0.1, 0.15) is 0 Å². The molecule has 1 atom stereocenters. The van der Waals surface area contributed by atoms with Gasteiger partial charge in [-0.1, -0.05) is 12.5 Å². The second kappa shape index (κ2) is 6.21. The van der Waals surface area contributed by atoms with E-state index in [1.165, 1.54) is 31.3 Å². The lowest BCUT2D eigenvalue weighted by molar-refractivity contribution is 0.0574. The zero-order valence-electron chi connectivity index (χ0n) is 12.1. The lowest BCUT2D eigenvalue weighted by Crippen LogP contribution is -2.35. The molecule has 1 N–H and O–H groups in total. The van der Waals surface area contributed by atoms with Gasteiger partial charge in [-0.25, -0.2) is 0 Å². The first-order valence-electron chi connectivity index (χ1n) is 7.78. The minimum absolute atomic E-state index is 0.492. The average Bonchev–Trinajstić information content (AvgIpc) is 2.70. The van der Waals surface area contributed by atoms with Crippen molar-refractivity contribution in [1.82, 2.24) is 4.90 Å². The van der Waals surface area contributed by atoms with Gasteiger partial charge < -0.3 is 10.0 Å². The zero-order chi connectivity index (χ0) is 13.0. The van der Waals surface area contributed by atoms with Crippen molar-refractivity contribution in [3.8, 4) is 0 Å². The molecule has 2 rings (SSSR count). The number of allylic oxidation sites excluding steroid dienone is 1. The summed E-state index contributed by atoms with van der Waals surface area (Å²) in [5.41, 5.74) is 0.860. The quantitative estimate of drug-likeness (QED) is 0.759. The van der Waals surface area contributed by atoms with Gasteiger partial charge in [-0.3, -0.25) is 0 Å². The van der Waals surface area contributed by atoms with Crippen LogP contribution in [0, 0.1) is 0 Å². The predicted molar refractivity (Wildman–Crippen MR) is 76.7 cm³/mol. The smallest absolute Gasteiger partial charge is 0.0869 e. The van der Waals surface area contributed by atoms with Crippen molar-refractivity contribution in [1.29, 1.82) is 0 Å². The van der Waals surface area contributed by atoms with Gasteiger partial charge in [-0.05, 0) is 70.9 Å². The van der Waals surface area contributed by atoms with Gasteiger partial charge >= 0.3 is 0 Å². The maximum atomic E-state index is 11.0. The second-order valence-electron chi connectivity index (χ2n) is 6.34. The fourth-order valence-electron chi connectivity index (χ4n) is 3.42. The van der Waals surface area contributed by atoms with Gasteiger partial charge in [0.15, 0.2) is 0 Å². The molecule has 1 unspecified atom stereocenters. The first-order chi connectivity index (χ1) is 8.62. The Hall–Kier alpha value is -0.340. The molecular formula is C16H29NO. The molecule has 1 heterocycles. The minimum atomic E-state index is -0.492. The van der Waals surface area contributed by atoms with E-state index in [1.54, 1.807) is 0 Å². The Labute approximate surface area is 112 Å². The third kappa shape index (κ3) is 3.36.